The van der Waals surface area contributed by atoms with E-state index in [1.807, 2.05) is 36.4 Å². The number of fused-ring (bicyclic) bond motifs is 1. The molecule has 4 nitrogen and oxygen atoms in total. The molecule has 3 aromatic rings. The summed E-state index contributed by atoms with van der Waals surface area (Å²) < 4.78 is 0.925. The van der Waals surface area contributed by atoms with Crippen LogP contribution >= 0.6 is 15.9 Å². The number of nitrogens with one attached hydrogen (secondary N) is 1. The molecule has 0 aliphatic carbocycles. The summed E-state index contributed by atoms with van der Waals surface area (Å²) in [5.41, 5.74) is 3.07. The Morgan fingerprint density at radius 2 is 2.12 bits per heavy atom. The third-order valence-corrected chi connectivity index (χ3v) is 4.28. The maximum Gasteiger partial charge on any atom is 0.252 e. The van der Waals surface area contributed by atoms with Crippen molar-refractivity contribution in [3.63, 3.8) is 0 Å². The van der Waals surface area contributed by atoms with Crippen molar-refractivity contribution in [2.45, 2.75) is 19.8 Å². The smallest absolute Gasteiger partial charge is 0.252 e. The maximum absolute atomic E-state index is 12.7. The third kappa shape index (κ3) is 3.62. The summed E-state index contributed by atoms with van der Waals surface area (Å²) in [6.07, 6.45) is 5.49. The van der Waals surface area contributed by atoms with E-state index in [0.717, 1.165) is 39.5 Å². The number of benzene rings is 1. The highest BCUT2D eigenvalue weighted by molar-refractivity contribution is 9.10. The van der Waals surface area contributed by atoms with E-state index in [2.05, 4.69) is 38.1 Å². The number of unbranched alkanes of at least 4 members (excludes halogenated alkanes) is 1. The van der Waals surface area contributed by atoms with Crippen LogP contribution in [0.25, 0.3) is 22.2 Å². The van der Waals surface area contributed by atoms with Crippen molar-refractivity contribution in [2.24, 2.45) is 0 Å². The standard InChI is InChI=1S/C19H18BrN3O/c1-2-3-9-22-19(24)16-11-18(13-5-4-8-21-12-13)23-17-7-6-14(20)10-15(16)17/h4-8,10-12H,2-3,9H2,1H3,(H,22,24). The molecule has 0 atom stereocenters. The molecule has 0 unspecified atom stereocenters. The molecule has 5 heteroatoms. The number of hydrogen-bond acceptors (Lipinski definition) is 3. The highest BCUT2D eigenvalue weighted by atomic mass is 79.9. The molecule has 0 saturated heterocycles. The van der Waals surface area contributed by atoms with Gasteiger partial charge in [0.1, 0.15) is 0 Å². The molecule has 1 aromatic carbocycles. The summed E-state index contributed by atoms with van der Waals surface area (Å²) in [5.74, 6) is -0.0703. The van der Waals surface area contributed by atoms with Gasteiger partial charge in [0.05, 0.1) is 16.8 Å². The van der Waals surface area contributed by atoms with Crippen LogP contribution in [0.4, 0.5) is 0 Å². The molecule has 0 spiro atoms. The molecule has 0 aliphatic heterocycles. The van der Waals surface area contributed by atoms with Gasteiger partial charge in [-0.1, -0.05) is 29.3 Å². The lowest BCUT2D eigenvalue weighted by Crippen LogP contribution is -2.24. The fraction of sp³-hybridized carbons (Fsp3) is 0.211. The summed E-state index contributed by atoms with van der Waals surface area (Å²) in [6, 6.07) is 11.4. The maximum atomic E-state index is 12.7. The zero-order chi connectivity index (χ0) is 16.9. The molecule has 0 aliphatic rings. The van der Waals surface area contributed by atoms with Gasteiger partial charge < -0.3 is 5.32 Å². The Labute approximate surface area is 149 Å². The number of aromatic nitrogens is 2. The van der Waals surface area contributed by atoms with Gasteiger partial charge >= 0.3 is 0 Å². The van der Waals surface area contributed by atoms with Crippen LogP contribution in [0, 0.1) is 0 Å². The minimum Gasteiger partial charge on any atom is -0.352 e. The van der Waals surface area contributed by atoms with Gasteiger partial charge in [-0.05, 0) is 42.8 Å². The van der Waals surface area contributed by atoms with E-state index >= 15 is 0 Å². The highest BCUT2D eigenvalue weighted by Gasteiger charge is 2.14. The lowest BCUT2D eigenvalue weighted by atomic mass is 10.0. The highest BCUT2D eigenvalue weighted by Crippen LogP contribution is 2.26. The quantitative estimate of drug-likeness (QED) is 0.655. The molecule has 2 heterocycles. The van der Waals surface area contributed by atoms with E-state index in [4.69, 9.17) is 0 Å². The molecule has 0 fully saturated rings. The summed E-state index contributed by atoms with van der Waals surface area (Å²) in [6.45, 7) is 2.78. The Morgan fingerprint density at radius 3 is 2.88 bits per heavy atom. The fourth-order valence-electron chi connectivity index (χ4n) is 2.52. The molecule has 3 rings (SSSR count). The summed E-state index contributed by atoms with van der Waals surface area (Å²) in [4.78, 5) is 21.5. The number of nitrogens with zero attached hydrogens (tertiary/aromatic N) is 2. The Balaban J connectivity index is 2.10. The minimum atomic E-state index is -0.0703. The molecule has 0 bridgehead atoms. The van der Waals surface area contributed by atoms with Crippen molar-refractivity contribution in [3.05, 3.63) is 58.8 Å². The number of pyridine rings is 2. The molecule has 0 saturated carbocycles. The van der Waals surface area contributed by atoms with Gasteiger partial charge in [-0.25, -0.2) is 4.98 Å². The average Bonchev–Trinajstić information content (AvgIpc) is 2.61. The number of rotatable bonds is 5. The second-order valence-electron chi connectivity index (χ2n) is 5.57. The van der Waals surface area contributed by atoms with Crippen LogP contribution in [0.5, 0.6) is 0 Å². The molecule has 122 valence electrons. The lowest BCUT2D eigenvalue weighted by molar-refractivity contribution is 0.0955. The van der Waals surface area contributed by atoms with Crippen molar-refractivity contribution in [3.8, 4) is 11.3 Å². The molecule has 1 amide bonds. The van der Waals surface area contributed by atoms with Crippen molar-refractivity contribution in [1.82, 2.24) is 15.3 Å². The van der Waals surface area contributed by atoms with Crippen LogP contribution in [-0.2, 0) is 0 Å². The van der Waals surface area contributed by atoms with Crippen molar-refractivity contribution < 1.29 is 4.79 Å². The van der Waals surface area contributed by atoms with Gasteiger partial charge in [-0.3, -0.25) is 9.78 Å². The van der Waals surface area contributed by atoms with E-state index < -0.39 is 0 Å². The first-order chi connectivity index (χ1) is 11.7. The Kier molecular flexibility index (Phi) is 5.20. The van der Waals surface area contributed by atoms with Gasteiger partial charge in [0, 0.05) is 34.4 Å². The van der Waals surface area contributed by atoms with E-state index in [1.165, 1.54) is 0 Å². The van der Waals surface area contributed by atoms with Crippen LogP contribution in [0.2, 0.25) is 0 Å². The van der Waals surface area contributed by atoms with Crippen LogP contribution in [0.15, 0.2) is 53.3 Å². The van der Waals surface area contributed by atoms with Crippen LogP contribution < -0.4 is 5.32 Å². The van der Waals surface area contributed by atoms with Crippen LogP contribution in [0.1, 0.15) is 30.1 Å². The van der Waals surface area contributed by atoms with Crippen LogP contribution in [0.3, 0.4) is 0 Å². The number of carbonyl (C=O) groups excluding carboxylic acids is 1. The minimum absolute atomic E-state index is 0.0703. The van der Waals surface area contributed by atoms with E-state index in [-0.39, 0.29) is 5.91 Å². The normalized spacial score (nSPS) is 10.8. The molecular formula is C19H18BrN3O. The van der Waals surface area contributed by atoms with Gasteiger partial charge in [0.15, 0.2) is 0 Å². The van der Waals surface area contributed by atoms with E-state index in [1.54, 1.807) is 12.4 Å². The second-order valence-corrected chi connectivity index (χ2v) is 6.48. The summed E-state index contributed by atoms with van der Waals surface area (Å²) >= 11 is 3.47. The van der Waals surface area contributed by atoms with Crippen molar-refractivity contribution in [2.75, 3.05) is 6.54 Å². The van der Waals surface area contributed by atoms with Crippen molar-refractivity contribution >= 4 is 32.7 Å². The van der Waals surface area contributed by atoms with Gasteiger partial charge in [-0.15, -0.1) is 0 Å². The summed E-state index contributed by atoms with van der Waals surface area (Å²) in [7, 11) is 0. The number of amides is 1. The van der Waals surface area contributed by atoms with Crippen LogP contribution in [-0.4, -0.2) is 22.4 Å². The Morgan fingerprint density at radius 1 is 1.25 bits per heavy atom. The third-order valence-electron chi connectivity index (χ3n) is 3.79. The van der Waals surface area contributed by atoms with E-state index in [0.29, 0.717) is 12.1 Å². The van der Waals surface area contributed by atoms with Gasteiger partial charge in [-0.2, -0.15) is 0 Å². The SMILES string of the molecule is CCCCNC(=O)c1cc(-c2cccnc2)nc2ccc(Br)cc12. The molecule has 24 heavy (non-hydrogen) atoms. The first-order valence-corrected chi connectivity index (χ1v) is 8.77. The predicted molar refractivity (Wildman–Crippen MR) is 99.9 cm³/mol. The number of carbonyl (C=O) groups is 1. The van der Waals surface area contributed by atoms with E-state index in [9.17, 15) is 4.79 Å². The number of hydrogen-bond donors (Lipinski definition) is 1. The zero-order valence-electron chi connectivity index (χ0n) is 13.4. The predicted octanol–water partition coefficient (Wildman–Crippen LogP) is 4.59. The first-order valence-electron chi connectivity index (χ1n) is 7.98. The molecule has 1 N–H and O–H groups in total. The molecule has 0 radical (unpaired) electrons. The Bertz CT molecular complexity index is 865. The van der Waals surface area contributed by atoms with Crippen molar-refractivity contribution in [1.29, 1.82) is 0 Å². The fourth-order valence-corrected chi connectivity index (χ4v) is 2.88. The molecular weight excluding hydrogens is 366 g/mol. The topological polar surface area (TPSA) is 54.9 Å². The Hall–Kier alpha value is -2.27. The summed E-state index contributed by atoms with van der Waals surface area (Å²) in [5, 5.41) is 3.83. The monoisotopic (exact) mass is 383 g/mol. The first kappa shape index (κ1) is 16.6. The van der Waals surface area contributed by atoms with Gasteiger partial charge in [0.25, 0.3) is 5.91 Å². The largest absolute Gasteiger partial charge is 0.352 e. The van der Waals surface area contributed by atoms with Gasteiger partial charge in [0.2, 0.25) is 0 Å². The average molecular weight is 384 g/mol. The lowest BCUT2D eigenvalue weighted by Gasteiger charge is -2.11. The zero-order valence-corrected chi connectivity index (χ0v) is 15.0. The number of halogens is 1. The molecule has 2 aromatic heterocycles. The second kappa shape index (κ2) is 7.53.